The van der Waals surface area contributed by atoms with Gasteiger partial charge in [0.05, 0.1) is 27.0 Å². The molecule has 0 fully saturated rings. The van der Waals surface area contributed by atoms with Crippen LogP contribution in [-0.4, -0.2) is 16.8 Å². The summed E-state index contributed by atoms with van der Waals surface area (Å²) in [5.74, 6) is -0.642. The minimum Gasteiger partial charge on any atom is -0.352 e. The molecule has 2 aromatic rings. The van der Waals surface area contributed by atoms with Crippen molar-refractivity contribution in [3.05, 3.63) is 57.6 Å². The van der Waals surface area contributed by atoms with E-state index in [2.05, 4.69) is 5.32 Å². The third-order valence-electron chi connectivity index (χ3n) is 3.10. The van der Waals surface area contributed by atoms with Gasteiger partial charge in [-0.1, -0.05) is 35.3 Å². The molecule has 23 heavy (non-hydrogen) atoms. The monoisotopic (exact) mass is 351 g/mol. The second kappa shape index (κ2) is 7.46. The van der Waals surface area contributed by atoms with E-state index in [-0.39, 0.29) is 5.56 Å². The molecule has 0 saturated heterocycles. The normalized spacial score (nSPS) is 10.3. The highest BCUT2D eigenvalue weighted by Crippen LogP contribution is 2.35. The zero-order valence-electron chi connectivity index (χ0n) is 12.3. The van der Waals surface area contributed by atoms with Crippen molar-refractivity contribution in [3.63, 3.8) is 0 Å². The molecule has 120 valence electrons. The van der Waals surface area contributed by atoms with Crippen LogP contribution in [0, 0.1) is 5.41 Å². The van der Waals surface area contributed by atoms with Crippen LogP contribution in [0.5, 0.6) is 0 Å². The van der Waals surface area contributed by atoms with E-state index in [0.717, 1.165) is 5.56 Å². The molecule has 0 aromatic heterocycles. The molecule has 5 nitrogen and oxygen atoms in total. The fourth-order valence-electron chi connectivity index (χ4n) is 2.14. The van der Waals surface area contributed by atoms with E-state index >= 15 is 0 Å². The summed E-state index contributed by atoms with van der Waals surface area (Å²) in [7, 11) is 0. The molecular formula is C16H15Cl2N3O2. The van der Waals surface area contributed by atoms with Crippen LogP contribution < -0.4 is 10.8 Å². The Morgan fingerprint density at radius 1 is 1.22 bits per heavy atom. The van der Waals surface area contributed by atoms with Gasteiger partial charge in [0.2, 0.25) is 0 Å². The average Bonchev–Trinajstić information content (AvgIpc) is 2.50. The number of hydrogen-bond donors (Lipinski definition) is 4. The Hall–Kier alpha value is -2.08. The summed E-state index contributed by atoms with van der Waals surface area (Å²) >= 11 is 12.5. The van der Waals surface area contributed by atoms with Crippen molar-refractivity contribution in [2.75, 3.05) is 5.32 Å². The number of hydroxylamine groups is 1. The van der Waals surface area contributed by atoms with Crippen molar-refractivity contribution in [1.82, 2.24) is 5.48 Å². The van der Waals surface area contributed by atoms with E-state index in [1.54, 1.807) is 48.8 Å². The molecule has 0 atom stereocenters. The van der Waals surface area contributed by atoms with E-state index in [9.17, 15) is 4.79 Å². The summed E-state index contributed by atoms with van der Waals surface area (Å²) in [6.45, 7) is 1.71. The second-order valence-corrected chi connectivity index (χ2v) is 5.82. The van der Waals surface area contributed by atoms with Gasteiger partial charge < -0.3 is 10.7 Å². The number of rotatable bonds is 5. The molecule has 0 bridgehead atoms. The van der Waals surface area contributed by atoms with Gasteiger partial charge in [-0.15, -0.1) is 0 Å². The SMILES string of the molecule is CC(=N)Cc1cc(Cl)c(Nc2ccccc2C(=O)NO)c(Cl)c1. The molecule has 4 N–H and O–H groups in total. The van der Waals surface area contributed by atoms with E-state index in [1.165, 1.54) is 0 Å². The summed E-state index contributed by atoms with van der Waals surface area (Å²) < 4.78 is 0. The molecule has 0 saturated carbocycles. The maximum atomic E-state index is 11.7. The summed E-state index contributed by atoms with van der Waals surface area (Å²) in [4.78, 5) is 11.7. The lowest BCUT2D eigenvalue weighted by atomic mass is 10.1. The van der Waals surface area contributed by atoms with Crippen LogP contribution in [0.4, 0.5) is 11.4 Å². The van der Waals surface area contributed by atoms with Crippen LogP contribution in [0.15, 0.2) is 36.4 Å². The van der Waals surface area contributed by atoms with Gasteiger partial charge in [-0.25, -0.2) is 5.48 Å². The first kappa shape index (κ1) is 17.3. The van der Waals surface area contributed by atoms with Crippen LogP contribution in [0.2, 0.25) is 10.0 Å². The highest BCUT2D eigenvalue weighted by molar-refractivity contribution is 6.39. The molecule has 0 heterocycles. The van der Waals surface area contributed by atoms with E-state index in [4.69, 9.17) is 33.8 Å². The molecule has 7 heteroatoms. The first-order valence-corrected chi connectivity index (χ1v) is 7.50. The van der Waals surface area contributed by atoms with E-state index in [0.29, 0.717) is 33.6 Å². The van der Waals surface area contributed by atoms with Crippen LogP contribution in [0.25, 0.3) is 0 Å². The smallest absolute Gasteiger partial charge is 0.276 e. The Morgan fingerprint density at radius 3 is 2.39 bits per heavy atom. The Kier molecular flexibility index (Phi) is 5.60. The number of carbonyl (C=O) groups is 1. The molecule has 0 spiro atoms. The highest BCUT2D eigenvalue weighted by Gasteiger charge is 2.14. The largest absolute Gasteiger partial charge is 0.352 e. The highest BCUT2D eigenvalue weighted by atomic mass is 35.5. The van der Waals surface area contributed by atoms with Crippen molar-refractivity contribution >= 4 is 46.2 Å². The Bertz CT molecular complexity index is 740. The fraction of sp³-hybridized carbons (Fsp3) is 0.125. The van der Waals surface area contributed by atoms with Gasteiger partial charge in [0, 0.05) is 12.1 Å². The van der Waals surface area contributed by atoms with Crippen molar-refractivity contribution in [1.29, 1.82) is 5.41 Å². The summed E-state index contributed by atoms with van der Waals surface area (Å²) in [6.07, 6.45) is 0.462. The van der Waals surface area contributed by atoms with Gasteiger partial charge in [0.25, 0.3) is 5.91 Å². The lowest BCUT2D eigenvalue weighted by molar-refractivity contribution is 0.0707. The fourth-order valence-corrected chi connectivity index (χ4v) is 2.77. The maximum Gasteiger partial charge on any atom is 0.276 e. The molecule has 1 amide bonds. The second-order valence-electron chi connectivity index (χ2n) is 5.00. The van der Waals surface area contributed by atoms with Crippen LogP contribution in [0.3, 0.4) is 0 Å². The number of para-hydroxylation sites is 1. The predicted octanol–water partition coefficient (Wildman–Crippen LogP) is 4.44. The van der Waals surface area contributed by atoms with Crippen LogP contribution in [0.1, 0.15) is 22.8 Å². The third-order valence-corrected chi connectivity index (χ3v) is 3.70. The number of halogens is 2. The Labute approximate surface area is 143 Å². The summed E-state index contributed by atoms with van der Waals surface area (Å²) in [6, 6.07) is 10.1. The predicted molar refractivity (Wildman–Crippen MR) is 92.5 cm³/mol. The quantitative estimate of drug-likeness (QED) is 0.365. The minimum absolute atomic E-state index is 0.251. The van der Waals surface area contributed by atoms with Gasteiger partial charge >= 0.3 is 0 Å². The van der Waals surface area contributed by atoms with Crippen molar-refractivity contribution in [2.24, 2.45) is 0 Å². The van der Waals surface area contributed by atoms with Crippen molar-refractivity contribution in [3.8, 4) is 0 Å². The first-order chi connectivity index (χ1) is 10.9. The molecule has 0 aliphatic rings. The molecule has 0 aliphatic carbocycles. The molecule has 0 unspecified atom stereocenters. The molecule has 2 aromatic carbocycles. The lowest BCUT2D eigenvalue weighted by Gasteiger charge is -2.14. The number of anilines is 2. The minimum atomic E-state index is -0.642. The first-order valence-electron chi connectivity index (χ1n) is 6.74. The number of carbonyl (C=O) groups excluding carboxylic acids is 1. The number of amides is 1. The zero-order valence-corrected chi connectivity index (χ0v) is 13.8. The lowest BCUT2D eigenvalue weighted by Crippen LogP contribution is -2.19. The van der Waals surface area contributed by atoms with E-state index in [1.807, 2.05) is 0 Å². The Balaban J connectivity index is 2.38. The maximum absolute atomic E-state index is 11.7. The van der Waals surface area contributed by atoms with Crippen LogP contribution in [-0.2, 0) is 6.42 Å². The van der Waals surface area contributed by atoms with Gasteiger partial charge in [0.15, 0.2) is 0 Å². The number of benzene rings is 2. The van der Waals surface area contributed by atoms with Gasteiger partial charge in [-0.3, -0.25) is 10.0 Å². The molecule has 0 radical (unpaired) electrons. The number of hydrogen-bond acceptors (Lipinski definition) is 4. The van der Waals surface area contributed by atoms with Crippen molar-refractivity contribution in [2.45, 2.75) is 13.3 Å². The summed E-state index contributed by atoms with van der Waals surface area (Å²) in [5, 5.41) is 20.1. The average molecular weight is 352 g/mol. The zero-order chi connectivity index (χ0) is 17.0. The molecular weight excluding hydrogens is 337 g/mol. The topological polar surface area (TPSA) is 85.2 Å². The third kappa shape index (κ3) is 4.22. The number of nitrogens with one attached hydrogen (secondary N) is 3. The van der Waals surface area contributed by atoms with Crippen molar-refractivity contribution < 1.29 is 10.0 Å². The van der Waals surface area contributed by atoms with E-state index < -0.39 is 5.91 Å². The summed E-state index contributed by atoms with van der Waals surface area (Å²) in [5.41, 5.74) is 4.10. The molecule has 0 aliphatic heterocycles. The van der Waals surface area contributed by atoms with Crippen LogP contribution >= 0.6 is 23.2 Å². The standard InChI is InChI=1S/C16H15Cl2N3O2/c1-9(19)6-10-7-12(17)15(13(18)8-10)20-14-5-3-2-4-11(14)16(22)21-23/h2-5,7-8,19-20,23H,6H2,1H3,(H,21,22). The van der Waals surface area contributed by atoms with Gasteiger partial charge in [-0.05, 0) is 36.8 Å². The van der Waals surface area contributed by atoms with Gasteiger partial charge in [0.1, 0.15) is 0 Å². The van der Waals surface area contributed by atoms with Gasteiger partial charge in [-0.2, -0.15) is 0 Å². The molecule has 2 rings (SSSR count). The Morgan fingerprint density at radius 2 is 1.83 bits per heavy atom.